The minimum atomic E-state index is -0.268. The summed E-state index contributed by atoms with van der Waals surface area (Å²) in [6, 6.07) is 152. The second-order valence-corrected chi connectivity index (χ2v) is 31.1. The summed E-state index contributed by atoms with van der Waals surface area (Å²) in [4.78, 5) is 15.4. The highest BCUT2D eigenvalue weighted by Gasteiger charge is 2.49. The van der Waals surface area contributed by atoms with Crippen LogP contribution in [0.5, 0.6) is 0 Å². The van der Waals surface area contributed by atoms with E-state index in [4.69, 9.17) is 0 Å². The van der Waals surface area contributed by atoms with Gasteiger partial charge in [0.15, 0.2) is 0 Å². The molecule has 9 heteroatoms. The molecule has 4 aliphatic rings. The van der Waals surface area contributed by atoms with Gasteiger partial charge in [0.05, 0.1) is 28.4 Å². The zero-order valence-electron chi connectivity index (χ0n) is 60.4. The van der Waals surface area contributed by atoms with E-state index in [-0.39, 0.29) is 13.4 Å². The van der Waals surface area contributed by atoms with Gasteiger partial charge in [0, 0.05) is 115 Å². The molecule has 111 heavy (non-hydrogen) atoms. The fourth-order valence-corrected chi connectivity index (χ4v) is 20.6. The number of benzene rings is 17. The molecule has 1 aromatic heterocycles. The summed E-state index contributed by atoms with van der Waals surface area (Å²) in [7, 11) is 0. The smallest absolute Gasteiger partial charge is 0.252 e. The maximum absolute atomic E-state index is 2.69. The average Bonchev–Trinajstić information content (AvgIpc) is 1.24. The minimum Gasteiger partial charge on any atom is -0.311 e. The van der Waals surface area contributed by atoms with Gasteiger partial charge in [-0.1, -0.05) is 314 Å². The van der Waals surface area contributed by atoms with Crippen LogP contribution in [0.3, 0.4) is 0 Å². The first-order chi connectivity index (χ1) is 55.1. The van der Waals surface area contributed by atoms with Crippen LogP contribution in [0.2, 0.25) is 0 Å². The Morgan fingerprint density at radius 2 is 0.631 bits per heavy atom. The van der Waals surface area contributed by atoms with E-state index in [9.17, 15) is 0 Å². The van der Waals surface area contributed by atoms with Crippen molar-refractivity contribution in [2.75, 3.05) is 24.5 Å². The molecule has 0 spiro atoms. The van der Waals surface area contributed by atoms with Gasteiger partial charge in [-0.25, -0.2) is 0 Å². The van der Waals surface area contributed by atoms with Crippen molar-refractivity contribution in [3.05, 3.63) is 406 Å². The third-order valence-electron chi connectivity index (χ3n) is 22.8. The third-order valence-corrected chi connectivity index (χ3v) is 25.2. The zero-order chi connectivity index (χ0) is 73.0. The molecule has 5 heterocycles. The van der Waals surface area contributed by atoms with E-state index in [1.165, 1.54) is 68.3 Å². The van der Waals surface area contributed by atoms with Crippen LogP contribution in [-0.4, -0.2) is 13.4 Å². The van der Waals surface area contributed by atoms with E-state index < -0.39 is 0 Å². The number of hydrogen-bond donors (Lipinski definition) is 0. The molecule has 0 atom stereocenters. The molecule has 4 aliphatic heterocycles. The first-order valence-electron chi connectivity index (χ1n) is 38.1. The van der Waals surface area contributed by atoms with Gasteiger partial charge < -0.3 is 24.5 Å². The molecule has 0 aliphatic carbocycles. The van der Waals surface area contributed by atoms with Crippen LogP contribution in [-0.2, 0) is 0 Å². The molecular formula is C102H67B2N5S2. The summed E-state index contributed by atoms with van der Waals surface area (Å²) in [6.07, 6.45) is 0. The largest absolute Gasteiger partial charge is 0.311 e. The molecule has 0 amide bonds. The molecule has 18 aromatic rings. The van der Waals surface area contributed by atoms with Crippen LogP contribution in [0.15, 0.2) is 416 Å². The fraction of sp³-hybridized carbons (Fsp3) is 0. The molecule has 0 bridgehead atoms. The third kappa shape index (κ3) is 10.6. The van der Waals surface area contributed by atoms with Crippen molar-refractivity contribution in [2.24, 2.45) is 0 Å². The van der Waals surface area contributed by atoms with Crippen LogP contribution in [0, 0.1) is 0 Å². The van der Waals surface area contributed by atoms with Gasteiger partial charge in [-0.05, 0) is 153 Å². The molecule has 0 N–H and O–H groups in total. The van der Waals surface area contributed by atoms with Crippen molar-refractivity contribution in [3.8, 4) is 44.5 Å². The van der Waals surface area contributed by atoms with Gasteiger partial charge in [-0.15, -0.1) is 11.3 Å². The molecule has 0 unspecified atom stereocenters. The molecule has 518 valence electrons. The molecule has 17 aromatic carbocycles. The van der Waals surface area contributed by atoms with Crippen LogP contribution in [0.1, 0.15) is 0 Å². The van der Waals surface area contributed by atoms with E-state index in [0.717, 1.165) is 124 Å². The maximum Gasteiger partial charge on any atom is 0.252 e. The Kier molecular flexibility index (Phi) is 15.5. The first kappa shape index (κ1) is 64.6. The zero-order valence-corrected chi connectivity index (χ0v) is 62.0. The van der Waals surface area contributed by atoms with Crippen LogP contribution >= 0.6 is 23.1 Å². The number of rotatable bonds is 13. The summed E-state index contributed by atoms with van der Waals surface area (Å²) < 4.78 is 2.54. The number of anilines is 15. The Bertz CT molecular complexity index is 6640. The number of para-hydroxylation sites is 8. The van der Waals surface area contributed by atoms with E-state index in [1.54, 1.807) is 0 Å². The number of fused-ring (bicyclic) bond motifs is 11. The van der Waals surface area contributed by atoms with E-state index in [1.807, 2.05) is 23.1 Å². The lowest BCUT2D eigenvalue weighted by molar-refractivity contribution is 1.21. The lowest BCUT2D eigenvalue weighted by Crippen LogP contribution is -2.64. The topological polar surface area (TPSA) is 16.2 Å². The van der Waals surface area contributed by atoms with Crippen molar-refractivity contribution >= 4 is 175 Å². The number of thiophene rings is 1. The number of hydrogen-bond acceptors (Lipinski definition) is 7. The molecule has 0 saturated heterocycles. The highest BCUT2D eigenvalue weighted by atomic mass is 32.2. The van der Waals surface area contributed by atoms with E-state index in [2.05, 4.69) is 431 Å². The van der Waals surface area contributed by atoms with Gasteiger partial charge in [0.2, 0.25) is 6.71 Å². The van der Waals surface area contributed by atoms with Crippen molar-refractivity contribution < 1.29 is 0 Å². The van der Waals surface area contributed by atoms with Gasteiger partial charge in [0.25, 0.3) is 6.71 Å². The highest BCUT2D eigenvalue weighted by molar-refractivity contribution is 8.00. The van der Waals surface area contributed by atoms with Gasteiger partial charge >= 0.3 is 0 Å². The minimum absolute atomic E-state index is 0.177. The summed E-state index contributed by atoms with van der Waals surface area (Å²) in [5, 5.41) is 2.54. The van der Waals surface area contributed by atoms with Crippen LogP contribution < -0.4 is 57.3 Å². The summed E-state index contributed by atoms with van der Waals surface area (Å²) in [5.41, 5.74) is 33.0. The first-order valence-corrected chi connectivity index (χ1v) is 39.7. The molecule has 0 fully saturated rings. The second-order valence-electron chi connectivity index (χ2n) is 28.9. The van der Waals surface area contributed by atoms with E-state index >= 15 is 0 Å². The van der Waals surface area contributed by atoms with Gasteiger partial charge in [0.1, 0.15) is 0 Å². The standard InChI is InChI=1S/C102H67B2N5S2/c1-7-34-68(35-8-1)76-46-19-26-55-87(76)106(73-44-17-6-18-45-73)74-62-94-100-95(63-74)108(89-57-28-21-48-78(89)70-38-11-3-12-39-70)92-67-93-86(66-85(92)103(100)83-53-24-30-59-91(83)107(94)88-56-27-20-47-77(88)69-36-9-2-10-37-69)104-84-54-25-32-61-98(84)110-99-65-75(105(71-40-13-4-14-41-71)72-42-15-5-16-43-72)64-96(101(99)104)109(93)90-58-29-22-49-79(90)81-51-33-52-82-80-50-23-31-60-97(80)111-102(81)82/h1-67H. The monoisotopic (exact) mass is 1450 g/mol. The Balaban J connectivity index is 0.890. The highest BCUT2D eigenvalue weighted by Crippen LogP contribution is 2.56. The van der Waals surface area contributed by atoms with Gasteiger partial charge in [-0.2, -0.15) is 0 Å². The fourth-order valence-electron chi connectivity index (χ4n) is 18.2. The lowest BCUT2D eigenvalue weighted by Gasteiger charge is -2.47. The molecule has 22 rings (SSSR count). The predicted octanol–water partition coefficient (Wildman–Crippen LogP) is 24.5. The average molecular weight is 1450 g/mol. The molecule has 0 radical (unpaired) electrons. The Morgan fingerprint density at radius 1 is 0.225 bits per heavy atom. The summed E-state index contributed by atoms with van der Waals surface area (Å²) >= 11 is 3.79. The quantitative estimate of drug-likeness (QED) is 0.106. The SMILES string of the molecule is c1ccc(-c2ccccc2N(c2ccccc2)c2cc3c4c(c2)N(c2ccccc2-c2ccccc2)c2cc5c(cc2B4c2ccccc2N3c2ccccc2-c2ccccc2)B2c3ccccc3Sc3cc(N(c4ccccc4)c4ccccc4)cc(c32)N5c2ccccc2-c2cccc3c2sc2ccccc23)cc1. The molecular weight excluding hydrogens is 1380 g/mol. The van der Waals surface area contributed by atoms with E-state index in [0.29, 0.717) is 0 Å². The molecule has 0 saturated carbocycles. The van der Waals surface area contributed by atoms with Crippen molar-refractivity contribution in [3.63, 3.8) is 0 Å². The summed E-state index contributed by atoms with van der Waals surface area (Å²) in [5.74, 6) is 0. The predicted molar refractivity (Wildman–Crippen MR) is 474 cm³/mol. The second kappa shape index (κ2) is 26.7. The Morgan fingerprint density at radius 3 is 1.23 bits per heavy atom. The summed E-state index contributed by atoms with van der Waals surface area (Å²) in [6.45, 7) is -0.445. The van der Waals surface area contributed by atoms with Crippen molar-refractivity contribution in [1.82, 2.24) is 0 Å². The normalized spacial score (nSPS) is 12.7. The van der Waals surface area contributed by atoms with Crippen LogP contribution in [0.25, 0.3) is 64.7 Å². The van der Waals surface area contributed by atoms with Crippen molar-refractivity contribution in [1.29, 1.82) is 0 Å². The number of nitrogens with zero attached hydrogens (tertiary/aromatic N) is 5. The van der Waals surface area contributed by atoms with Gasteiger partial charge in [-0.3, -0.25) is 0 Å². The Hall–Kier alpha value is -13.6. The van der Waals surface area contributed by atoms with Crippen LogP contribution in [0.4, 0.5) is 85.3 Å². The molecule has 5 nitrogen and oxygen atoms in total. The maximum atomic E-state index is 2.69. The Labute approximate surface area is 655 Å². The lowest BCUT2D eigenvalue weighted by atomic mass is 9.30. The van der Waals surface area contributed by atoms with Crippen molar-refractivity contribution in [2.45, 2.75) is 9.79 Å².